The van der Waals surface area contributed by atoms with Crippen LogP contribution in [0.3, 0.4) is 0 Å². The van der Waals surface area contributed by atoms with E-state index in [2.05, 4.69) is 27.3 Å². The second-order valence-corrected chi connectivity index (χ2v) is 10.0. The first-order valence-corrected chi connectivity index (χ1v) is 11.7. The van der Waals surface area contributed by atoms with Crippen molar-refractivity contribution >= 4 is 27.5 Å². The van der Waals surface area contributed by atoms with Crippen LogP contribution in [0.15, 0.2) is 47.5 Å². The number of halogens is 1. The van der Waals surface area contributed by atoms with Gasteiger partial charge < -0.3 is 10.2 Å². The Morgan fingerprint density at radius 3 is 2.40 bits per heavy atom. The van der Waals surface area contributed by atoms with Gasteiger partial charge in [-0.2, -0.15) is 4.31 Å². The summed E-state index contributed by atoms with van der Waals surface area (Å²) >= 11 is 5.96. The second-order valence-electron chi connectivity index (χ2n) is 7.74. The lowest BCUT2D eigenvalue weighted by atomic mass is 9.97. The fourth-order valence-corrected chi connectivity index (χ4v) is 5.42. The summed E-state index contributed by atoms with van der Waals surface area (Å²) in [6.45, 7) is 1.90. The number of carbonyl (C=O) groups excluding carboxylic acids is 1. The van der Waals surface area contributed by atoms with Crippen molar-refractivity contribution in [2.45, 2.75) is 30.8 Å². The van der Waals surface area contributed by atoms with Crippen molar-refractivity contribution in [3.63, 3.8) is 0 Å². The number of benzene rings is 1. The molecule has 1 aliphatic rings. The summed E-state index contributed by atoms with van der Waals surface area (Å²) in [7, 11) is 0.341. The van der Waals surface area contributed by atoms with Crippen LogP contribution < -0.4 is 5.32 Å². The van der Waals surface area contributed by atoms with Crippen molar-refractivity contribution in [3.8, 4) is 0 Å². The number of nitrogens with one attached hydrogen (secondary N) is 1. The first-order chi connectivity index (χ1) is 14.3. The molecule has 2 heterocycles. The molecule has 1 fully saturated rings. The fraction of sp³-hybridized carbons (Fsp3) is 0.429. The molecule has 2 aromatic rings. The topological polar surface area (TPSA) is 82.6 Å². The Balaban J connectivity index is 1.51. The highest BCUT2D eigenvalue weighted by Crippen LogP contribution is 2.27. The predicted octanol–water partition coefficient (Wildman–Crippen LogP) is 2.51. The third-order valence-electron chi connectivity index (χ3n) is 5.16. The van der Waals surface area contributed by atoms with Crippen LogP contribution in [0.2, 0.25) is 5.15 Å². The van der Waals surface area contributed by atoms with Gasteiger partial charge in [-0.3, -0.25) is 4.79 Å². The molecule has 1 aromatic carbocycles. The number of carbonyl (C=O) groups is 1. The molecule has 0 bridgehead atoms. The molecule has 1 saturated heterocycles. The van der Waals surface area contributed by atoms with Gasteiger partial charge in [0.2, 0.25) is 15.9 Å². The number of aromatic nitrogens is 1. The number of pyridine rings is 1. The third kappa shape index (κ3) is 5.57. The normalized spacial score (nSPS) is 16.0. The van der Waals surface area contributed by atoms with Crippen LogP contribution in [0, 0.1) is 5.92 Å². The van der Waals surface area contributed by atoms with Crippen LogP contribution in [0.4, 0.5) is 0 Å². The number of hydrogen-bond donors (Lipinski definition) is 1. The van der Waals surface area contributed by atoms with Crippen molar-refractivity contribution in [2.75, 3.05) is 27.2 Å². The predicted molar refractivity (Wildman–Crippen MR) is 116 cm³/mol. The highest BCUT2D eigenvalue weighted by molar-refractivity contribution is 7.89. The largest absolute Gasteiger partial charge is 0.352 e. The van der Waals surface area contributed by atoms with E-state index < -0.39 is 10.0 Å². The summed E-state index contributed by atoms with van der Waals surface area (Å²) in [5.41, 5.74) is 2.26. The minimum Gasteiger partial charge on any atom is -0.352 e. The fourth-order valence-electron chi connectivity index (χ4n) is 3.52. The second kappa shape index (κ2) is 9.87. The van der Waals surface area contributed by atoms with E-state index in [9.17, 15) is 13.2 Å². The number of amides is 1. The summed E-state index contributed by atoms with van der Waals surface area (Å²) in [6.07, 6.45) is 2.41. The molecule has 162 valence electrons. The van der Waals surface area contributed by atoms with Gasteiger partial charge in [0, 0.05) is 38.3 Å². The minimum absolute atomic E-state index is 0.00674. The lowest BCUT2D eigenvalue weighted by molar-refractivity contribution is -0.126. The maximum Gasteiger partial charge on any atom is 0.246 e. The third-order valence-corrected chi connectivity index (χ3v) is 7.50. The SMILES string of the molecule is CN(C)Cc1ccc(CNC(=O)C2CCN(S(=O)(=O)c3cccnc3Cl)CC2)cc1. The Morgan fingerprint density at radius 1 is 1.17 bits per heavy atom. The molecule has 30 heavy (non-hydrogen) atoms. The number of rotatable bonds is 7. The zero-order valence-corrected chi connectivity index (χ0v) is 18.8. The molecule has 1 N–H and O–H groups in total. The molecular weight excluding hydrogens is 424 g/mol. The van der Waals surface area contributed by atoms with E-state index in [0.29, 0.717) is 19.4 Å². The van der Waals surface area contributed by atoms with Gasteiger partial charge in [0.25, 0.3) is 0 Å². The number of hydrogen-bond acceptors (Lipinski definition) is 5. The van der Waals surface area contributed by atoms with Crippen LogP contribution in [0.25, 0.3) is 0 Å². The van der Waals surface area contributed by atoms with E-state index in [1.807, 2.05) is 26.2 Å². The van der Waals surface area contributed by atoms with E-state index in [0.717, 1.165) is 12.1 Å². The molecule has 0 spiro atoms. The zero-order valence-electron chi connectivity index (χ0n) is 17.2. The Kier molecular flexibility index (Phi) is 7.46. The first kappa shape index (κ1) is 22.7. The molecule has 0 unspecified atom stereocenters. The summed E-state index contributed by atoms with van der Waals surface area (Å²) in [4.78, 5) is 18.5. The van der Waals surface area contributed by atoms with Crippen molar-refractivity contribution < 1.29 is 13.2 Å². The van der Waals surface area contributed by atoms with Gasteiger partial charge in [-0.25, -0.2) is 13.4 Å². The lowest BCUT2D eigenvalue weighted by Gasteiger charge is -2.30. The van der Waals surface area contributed by atoms with Crippen LogP contribution in [0.5, 0.6) is 0 Å². The number of nitrogens with zero attached hydrogens (tertiary/aromatic N) is 3. The molecule has 0 radical (unpaired) electrons. The van der Waals surface area contributed by atoms with Crippen LogP contribution in [-0.4, -0.2) is 55.7 Å². The van der Waals surface area contributed by atoms with E-state index in [1.54, 1.807) is 6.07 Å². The van der Waals surface area contributed by atoms with E-state index in [1.165, 1.54) is 22.1 Å². The van der Waals surface area contributed by atoms with Gasteiger partial charge in [-0.05, 0) is 50.2 Å². The lowest BCUT2D eigenvalue weighted by Crippen LogP contribution is -2.42. The molecule has 1 aliphatic heterocycles. The summed E-state index contributed by atoms with van der Waals surface area (Å²) in [5.74, 6) is -0.238. The highest BCUT2D eigenvalue weighted by atomic mass is 35.5. The number of sulfonamides is 1. The van der Waals surface area contributed by atoms with Gasteiger partial charge in [0.15, 0.2) is 0 Å². The summed E-state index contributed by atoms with van der Waals surface area (Å²) < 4.78 is 27.0. The zero-order chi connectivity index (χ0) is 21.7. The van der Waals surface area contributed by atoms with Crippen molar-refractivity contribution in [1.82, 2.24) is 19.5 Å². The summed E-state index contributed by atoms with van der Waals surface area (Å²) in [6, 6.07) is 11.2. The van der Waals surface area contributed by atoms with Gasteiger partial charge in [0.05, 0.1) is 0 Å². The molecule has 7 nitrogen and oxygen atoms in total. The molecular formula is C21H27ClN4O3S. The van der Waals surface area contributed by atoms with Crippen molar-refractivity contribution in [3.05, 3.63) is 58.9 Å². The van der Waals surface area contributed by atoms with Crippen LogP contribution in [-0.2, 0) is 27.9 Å². The average molecular weight is 451 g/mol. The Bertz CT molecular complexity index is 972. The van der Waals surface area contributed by atoms with Crippen LogP contribution in [0.1, 0.15) is 24.0 Å². The molecule has 0 atom stereocenters. The standard InChI is InChI=1S/C21H27ClN4O3S/c1-25(2)15-17-7-5-16(6-8-17)14-24-21(27)18-9-12-26(13-10-18)30(28,29)19-4-3-11-23-20(19)22/h3-8,11,18H,9-10,12-15H2,1-2H3,(H,24,27). The molecule has 0 aliphatic carbocycles. The van der Waals surface area contributed by atoms with E-state index in [4.69, 9.17) is 11.6 Å². The van der Waals surface area contributed by atoms with E-state index >= 15 is 0 Å². The van der Waals surface area contributed by atoms with E-state index in [-0.39, 0.29) is 35.0 Å². The number of piperidine rings is 1. The highest BCUT2D eigenvalue weighted by Gasteiger charge is 2.33. The van der Waals surface area contributed by atoms with Gasteiger partial charge in [-0.1, -0.05) is 35.9 Å². The maximum absolute atomic E-state index is 12.8. The summed E-state index contributed by atoms with van der Waals surface area (Å²) in [5, 5.41) is 2.94. The maximum atomic E-state index is 12.8. The molecule has 3 rings (SSSR count). The van der Waals surface area contributed by atoms with Gasteiger partial charge >= 0.3 is 0 Å². The molecule has 0 saturated carbocycles. The molecule has 9 heteroatoms. The van der Waals surface area contributed by atoms with Crippen LogP contribution >= 0.6 is 11.6 Å². The first-order valence-electron chi connectivity index (χ1n) is 9.88. The quantitative estimate of drug-likeness (QED) is 0.655. The molecule has 1 amide bonds. The minimum atomic E-state index is -3.71. The van der Waals surface area contributed by atoms with Crippen molar-refractivity contribution in [1.29, 1.82) is 0 Å². The smallest absolute Gasteiger partial charge is 0.246 e. The molecule has 1 aromatic heterocycles. The monoisotopic (exact) mass is 450 g/mol. The Morgan fingerprint density at radius 2 is 1.80 bits per heavy atom. The van der Waals surface area contributed by atoms with Crippen molar-refractivity contribution in [2.24, 2.45) is 5.92 Å². The van der Waals surface area contributed by atoms with Gasteiger partial charge in [-0.15, -0.1) is 0 Å². The Labute approximate surface area is 183 Å². The Hall–Kier alpha value is -2.00. The average Bonchev–Trinajstić information content (AvgIpc) is 2.73. The van der Waals surface area contributed by atoms with Gasteiger partial charge in [0.1, 0.15) is 10.0 Å².